The molecule has 0 bridgehead atoms. The van der Waals surface area contributed by atoms with Crippen LogP contribution in [0.5, 0.6) is 11.5 Å². The summed E-state index contributed by atoms with van der Waals surface area (Å²) in [6, 6.07) is 14.8. The number of amides is 2. The molecule has 2 amide bonds. The summed E-state index contributed by atoms with van der Waals surface area (Å²) in [5.41, 5.74) is 4.79. The summed E-state index contributed by atoms with van der Waals surface area (Å²) in [6.45, 7) is 6.69. The quantitative estimate of drug-likeness (QED) is 0.525. The van der Waals surface area contributed by atoms with Crippen LogP contribution in [-0.4, -0.2) is 28.0 Å². The molecule has 0 spiro atoms. The number of hydrogen-bond acceptors (Lipinski definition) is 4. The van der Waals surface area contributed by atoms with Gasteiger partial charge in [0.05, 0.1) is 36.8 Å². The average molecular weight is 449 g/mol. The van der Waals surface area contributed by atoms with Crippen LogP contribution >= 0.6 is 0 Å². The second kappa shape index (κ2) is 9.17. The van der Waals surface area contributed by atoms with Crippen LogP contribution in [0.4, 0.5) is 4.79 Å². The first-order valence-corrected chi connectivity index (χ1v) is 11.3. The van der Waals surface area contributed by atoms with E-state index in [4.69, 9.17) is 9.84 Å². The van der Waals surface area contributed by atoms with Gasteiger partial charge in [0.25, 0.3) is 0 Å². The number of urea groups is 1. The lowest BCUT2D eigenvalue weighted by molar-refractivity contribution is 0.235. The zero-order valence-corrected chi connectivity index (χ0v) is 19.7. The third-order valence-corrected chi connectivity index (χ3v) is 6.05. The molecule has 0 saturated carbocycles. The van der Waals surface area contributed by atoms with E-state index < -0.39 is 0 Å². The van der Waals surface area contributed by atoms with Gasteiger partial charge in [-0.25, -0.2) is 9.48 Å². The molecule has 7 heteroatoms. The molecule has 33 heavy (non-hydrogen) atoms. The Morgan fingerprint density at radius 2 is 1.94 bits per heavy atom. The number of phenols is 1. The Morgan fingerprint density at radius 1 is 1.18 bits per heavy atom. The van der Waals surface area contributed by atoms with Crippen molar-refractivity contribution in [1.82, 2.24) is 20.4 Å². The molecule has 1 aromatic heterocycles. The van der Waals surface area contributed by atoms with E-state index in [0.29, 0.717) is 6.54 Å². The van der Waals surface area contributed by atoms with Crippen molar-refractivity contribution in [1.29, 1.82) is 0 Å². The van der Waals surface area contributed by atoms with E-state index in [9.17, 15) is 9.90 Å². The fourth-order valence-corrected chi connectivity index (χ4v) is 4.18. The third kappa shape index (κ3) is 5.13. The van der Waals surface area contributed by atoms with Crippen molar-refractivity contribution < 1.29 is 14.6 Å². The zero-order valence-electron chi connectivity index (χ0n) is 19.7. The number of methoxy groups -OCH3 is 1. The maximum Gasteiger partial charge on any atom is 0.315 e. The van der Waals surface area contributed by atoms with Gasteiger partial charge < -0.3 is 20.5 Å². The van der Waals surface area contributed by atoms with Crippen molar-refractivity contribution in [3.8, 4) is 17.2 Å². The molecule has 7 nitrogen and oxygen atoms in total. The molecular formula is C26H32N4O3. The summed E-state index contributed by atoms with van der Waals surface area (Å²) in [7, 11) is 1.64. The highest BCUT2D eigenvalue weighted by Crippen LogP contribution is 2.32. The van der Waals surface area contributed by atoms with Gasteiger partial charge in [0.2, 0.25) is 0 Å². The number of hydrogen-bond donors (Lipinski definition) is 3. The number of aromatic nitrogens is 2. The Kier molecular flexibility index (Phi) is 6.31. The molecule has 1 unspecified atom stereocenters. The van der Waals surface area contributed by atoms with E-state index in [-0.39, 0.29) is 23.2 Å². The van der Waals surface area contributed by atoms with E-state index in [1.54, 1.807) is 19.2 Å². The van der Waals surface area contributed by atoms with Crippen LogP contribution in [0.15, 0.2) is 48.5 Å². The fraction of sp³-hybridized carbons (Fsp3) is 0.385. The van der Waals surface area contributed by atoms with E-state index in [0.717, 1.165) is 47.7 Å². The SMILES string of the molecule is COc1ccc(-n2nc(C(C)(C)C)cc2CNC(=O)NC2CCCc3ccc(O)cc32)cc1. The highest BCUT2D eigenvalue weighted by Gasteiger charge is 2.23. The lowest BCUT2D eigenvalue weighted by Crippen LogP contribution is -2.39. The van der Waals surface area contributed by atoms with Gasteiger partial charge in [-0.3, -0.25) is 0 Å². The summed E-state index contributed by atoms with van der Waals surface area (Å²) in [6.07, 6.45) is 2.82. The van der Waals surface area contributed by atoms with Gasteiger partial charge in [0, 0.05) is 5.41 Å². The number of nitrogens with one attached hydrogen (secondary N) is 2. The minimum absolute atomic E-state index is 0.113. The lowest BCUT2D eigenvalue weighted by atomic mass is 9.87. The van der Waals surface area contributed by atoms with Crippen LogP contribution in [0, 0.1) is 0 Å². The van der Waals surface area contributed by atoms with Crippen LogP contribution in [0.3, 0.4) is 0 Å². The molecular weight excluding hydrogens is 416 g/mol. The minimum Gasteiger partial charge on any atom is -0.508 e. The topological polar surface area (TPSA) is 88.4 Å². The Morgan fingerprint density at radius 3 is 2.64 bits per heavy atom. The Hall–Kier alpha value is -3.48. The largest absolute Gasteiger partial charge is 0.508 e. The molecule has 0 radical (unpaired) electrons. The Bertz CT molecular complexity index is 1130. The predicted octanol–water partition coefficient (Wildman–Crippen LogP) is 4.76. The summed E-state index contributed by atoms with van der Waals surface area (Å²) in [5.74, 6) is 1.00. The standard InChI is InChI=1S/C26H32N4O3/c1-26(2,3)24-14-19(30(29-24)18-9-12-21(33-4)13-10-18)16-27-25(32)28-23-7-5-6-17-8-11-20(31)15-22(17)23/h8-15,23,31H,5-7,16H2,1-4H3,(H2,27,28,32). The number of carbonyl (C=O) groups is 1. The van der Waals surface area contributed by atoms with Gasteiger partial charge in [0.1, 0.15) is 11.5 Å². The molecule has 0 aliphatic heterocycles. The first kappa shape index (κ1) is 22.7. The van der Waals surface area contributed by atoms with E-state index in [1.807, 2.05) is 41.1 Å². The Balaban J connectivity index is 1.50. The molecule has 1 aliphatic rings. The smallest absolute Gasteiger partial charge is 0.315 e. The molecule has 0 fully saturated rings. The number of aromatic hydroxyl groups is 1. The van der Waals surface area contributed by atoms with Gasteiger partial charge in [-0.2, -0.15) is 5.10 Å². The first-order chi connectivity index (χ1) is 15.7. The van der Waals surface area contributed by atoms with Crippen molar-refractivity contribution in [2.24, 2.45) is 0 Å². The summed E-state index contributed by atoms with van der Waals surface area (Å²) < 4.78 is 7.14. The molecule has 3 aromatic rings. The lowest BCUT2D eigenvalue weighted by Gasteiger charge is -2.26. The number of nitrogens with zero attached hydrogens (tertiary/aromatic N) is 2. The number of benzene rings is 2. The molecule has 4 rings (SSSR count). The second-order valence-electron chi connectivity index (χ2n) is 9.54. The van der Waals surface area contributed by atoms with Gasteiger partial charge in [-0.1, -0.05) is 26.8 Å². The maximum absolute atomic E-state index is 12.8. The number of phenolic OH excluding ortho intramolecular Hbond substituents is 1. The van der Waals surface area contributed by atoms with Crippen LogP contribution in [-0.2, 0) is 18.4 Å². The van der Waals surface area contributed by atoms with Crippen LogP contribution < -0.4 is 15.4 Å². The van der Waals surface area contributed by atoms with Crippen LogP contribution in [0.2, 0.25) is 0 Å². The van der Waals surface area contributed by atoms with Crippen molar-refractivity contribution in [2.75, 3.05) is 7.11 Å². The van der Waals surface area contributed by atoms with Crippen molar-refractivity contribution in [3.05, 3.63) is 71.0 Å². The van der Waals surface area contributed by atoms with E-state index >= 15 is 0 Å². The van der Waals surface area contributed by atoms with Crippen molar-refractivity contribution in [2.45, 2.75) is 58.0 Å². The van der Waals surface area contributed by atoms with E-state index in [2.05, 4.69) is 31.4 Å². The van der Waals surface area contributed by atoms with Gasteiger partial charge >= 0.3 is 6.03 Å². The van der Waals surface area contributed by atoms with Gasteiger partial charge in [-0.05, 0) is 72.9 Å². The number of rotatable bonds is 5. The first-order valence-electron chi connectivity index (χ1n) is 11.3. The molecule has 3 N–H and O–H groups in total. The van der Waals surface area contributed by atoms with Crippen molar-refractivity contribution in [3.63, 3.8) is 0 Å². The van der Waals surface area contributed by atoms with E-state index in [1.165, 1.54) is 5.56 Å². The summed E-state index contributed by atoms with van der Waals surface area (Å²) in [4.78, 5) is 12.8. The molecule has 0 saturated heterocycles. The highest BCUT2D eigenvalue weighted by atomic mass is 16.5. The molecule has 2 aromatic carbocycles. The second-order valence-corrected chi connectivity index (χ2v) is 9.54. The summed E-state index contributed by atoms with van der Waals surface area (Å²) in [5, 5.41) is 20.8. The third-order valence-electron chi connectivity index (χ3n) is 6.05. The predicted molar refractivity (Wildman–Crippen MR) is 128 cm³/mol. The maximum atomic E-state index is 12.8. The van der Waals surface area contributed by atoms with Crippen LogP contribution in [0.25, 0.3) is 5.69 Å². The zero-order chi connectivity index (χ0) is 23.6. The number of fused-ring (bicyclic) bond motifs is 1. The molecule has 1 aliphatic carbocycles. The molecule has 1 atom stereocenters. The fourth-order valence-electron chi connectivity index (χ4n) is 4.18. The monoisotopic (exact) mass is 448 g/mol. The number of ether oxygens (including phenoxy) is 1. The Labute approximate surface area is 194 Å². The number of aryl methyl sites for hydroxylation is 1. The number of carbonyl (C=O) groups excluding carboxylic acids is 1. The summed E-state index contributed by atoms with van der Waals surface area (Å²) >= 11 is 0. The average Bonchev–Trinajstić information content (AvgIpc) is 3.23. The van der Waals surface area contributed by atoms with Gasteiger partial charge in [0.15, 0.2) is 0 Å². The van der Waals surface area contributed by atoms with Crippen LogP contribution in [0.1, 0.15) is 62.2 Å². The normalized spacial score (nSPS) is 15.6. The molecule has 1 heterocycles. The minimum atomic E-state index is -0.240. The molecule has 174 valence electrons. The van der Waals surface area contributed by atoms with Gasteiger partial charge in [-0.15, -0.1) is 0 Å². The van der Waals surface area contributed by atoms with Crippen molar-refractivity contribution >= 4 is 6.03 Å². The highest BCUT2D eigenvalue weighted by molar-refractivity contribution is 5.74.